The Hall–Kier alpha value is -3.66. The third-order valence-corrected chi connectivity index (χ3v) is 5.83. The van der Waals surface area contributed by atoms with Gasteiger partial charge in [0.15, 0.2) is 11.5 Å². The summed E-state index contributed by atoms with van der Waals surface area (Å²) in [6, 6.07) is 11.2. The van der Waals surface area contributed by atoms with E-state index in [1.54, 1.807) is 0 Å². The molecule has 1 aliphatic heterocycles. The minimum Gasteiger partial charge on any atom is -0.497 e. The average molecular weight is 476 g/mol. The number of methoxy groups -OCH3 is 1. The molecule has 0 fully saturated rings. The molecule has 3 atom stereocenters. The number of Topliss-reactive ketones (excluding diaryl/α,β-unsaturated/α-hetero) is 2. The number of rotatable bonds is 4. The first-order valence-electron chi connectivity index (χ1n) is 10.3. The molecule has 1 N–H and O–H groups in total. The van der Waals surface area contributed by atoms with Crippen molar-refractivity contribution in [3.63, 3.8) is 0 Å². The van der Waals surface area contributed by atoms with Crippen LogP contribution in [0.15, 0.2) is 59.9 Å². The Morgan fingerprint density at radius 2 is 1.74 bits per heavy atom. The summed E-state index contributed by atoms with van der Waals surface area (Å²) >= 11 is 0. The van der Waals surface area contributed by atoms with E-state index < -0.39 is 52.7 Å². The first kappa shape index (κ1) is 23.5. The molecule has 0 bridgehead atoms. The van der Waals surface area contributed by atoms with Gasteiger partial charge in [0.2, 0.25) is 5.78 Å². The Bertz CT molecular complexity index is 1220. The van der Waals surface area contributed by atoms with Crippen LogP contribution in [0.1, 0.15) is 39.1 Å². The van der Waals surface area contributed by atoms with Gasteiger partial charge in [-0.3, -0.25) is 14.4 Å². The minimum absolute atomic E-state index is 0.0245. The molecular formula is C24H19F3O7. The summed E-state index contributed by atoms with van der Waals surface area (Å²) in [6.07, 6.45) is -5.53. The number of allylic oxidation sites excluding steroid dienone is 2. The first-order valence-corrected chi connectivity index (χ1v) is 10.3. The van der Waals surface area contributed by atoms with E-state index in [4.69, 9.17) is 14.2 Å². The Morgan fingerprint density at radius 3 is 2.32 bits per heavy atom. The highest BCUT2D eigenvalue weighted by Crippen LogP contribution is 2.54. The number of carbonyl (C=O) groups excluding carboxylic acids is 3. The van der Waals surface area contributed by atoms with Crippen molar-refractivity contribution >= 4 is 17.5 Å². The number of benzene rings is 2. The summed E-state index contributed by atoms with van der Waals surface area (Å²) in [5.41, 5.74) is -0.669. The van der Waals surface area contributed by atoms with Crippen LogP contribution in [0.4, 0.5) is 13.2 Å². The van der Waals surface area contributed by atoms with Crippen molar-refractivity contribution < 1.29 is 46.9 Å². The molecular weight excluding hydrogens is 457 g/mol. The van der Waals surface area contributed by atoms with E-state index in [-0.39, 0.29) is 29.0 Å². The van der Waals surface area contributed by atoms with Gasteiger partial charge >= 0.3 is 17.9 Å². The summed E-state index contributed by atoms with van der Waals surface area (Å²) < 4.78 is 57.7. The van der Waals surface area contributed by atoms with E-state index in [0.29, 0.717) is 0 Å². The predicted octanol–water partition coefficient (Wildman–Crippen LogP) is 3.57. The predicted molar refractivity (Wildman–Crippen MR) is 110 cm³/mol. The number of esters is 1. The summed E-state index contributed by atoms with van der Waals surface area (Å²) in [5.74, 6) is -12.3. The molecule has 2 aromatic rings. The molecule has 34 heavy (non-hydrogen) atoms. The first-order chi connectivity index (χ1) is 16.0. The number of fused-ring (bicyclic) bond motifs is 1. The van der Waals surface area contributed by atoms with E-state index in [1.165, 1.54) is 62.6 Å². The lowest BCUT2D eigenvalue weighted by atomic mass is 9.69. The molecule has 0 amide bonds. The second kappa shape index (κ2) is 8.28. The van der Waals surface area contributed by atoms with E-state index in [2.05, 4.69) is 0 Å². The topological polar surface area (TPSA) is 99.1 Å². The number of aliphatic hydroxyl groups is 1. The van der Waals surface area contributed by atoms with Crippen LogP contribution in [0.5, 0.6) is 5.75 Å². The molecule has 0 aromatic heterocycles. The lowest BCUT2D eigenvalue weighted by Crippen LogP contribution is -2.61. The highest BCUT2D eigenvalue weighted by molar-refractivity contribution is 6.27. The highest BCUT2D eigenvalue weighted by atomic mass is 19.4. The molecule has 0 radical (unpaired) electrons. The molecule has 4 rings (SSSR count). The quantitative estimate of drug-likeness (QED) is 0.674. The number of ketones is 2. The number of hydrogen-bond acceptors (Lipinski definition) is 7. The van der Waals surface area contributed by atoms with Crippen LogP contribution < -0.4 is 4.74 Å². The fourth-order valence-corrected chi connectivity index (χ4v) is 4.32. The smallest absolute Gasteiger partial charge is 0.456 e. The number of carbonyl (C=O) groups is 3. The van der Waals surface area contributed by atoms with Crippen molar-refractivity contribution in [1.29, 1.82) is 0 Å². The summed E-state index contributed by atoms with van der Waals surface area (Å²) in [4.78, 5) is 39.5. The van der Waals surface area contributed by atoms with E-state index in [1.807, 2.05) is 0 Å². The van der Waals surface area contributed by atoms with Gasteiger partial charge in [-0.15, -0.1) is 0 Å². The number of alkyl halides is 3. The summed E-state index contributed by atoms with van der Waals surface area (Å²) in [5, 5.41) is 10.8. The second-order valence-corrected chi connectivity index (χ2v) is 7.73. The molecule has 2 aliphatic rings. The second-order valence-electron chi connectivity index (χ2n) is 7.73. The van der Waals surface area contributed by atoms with Gasteiger partial charge < -0.3 is 19.3 Å². The van der Waals surface area contributed by atoms with Crippen LogP contribution in [0, 0.1) is 5.92 Å². The molecule has 1 aliphatic carbocycles. The van der Waals surface area contributed by atoms with Crippen molar-refractivity contribution in [3.05, 3.63) is 76.6 Å². The Balaban J connectivity index is 2.06. The van der Waals surface area contributed by atoms with Gasteiger partial charge in [0.25, 0.3) is 0 Å². The average Bonchev–Trinajstić information content (AvgIpc) is 2.81. The zero-order valence-electron chi connectivity index (χ0n) is 18.0. The van der Waals surface area contributed by atoms with Crippen molar-refractivity contribution in [3.8, 4) is 5.75 Å². The van der Waals surface area contributed by atoms with Gasteiger partial charge in [0.1, 0.15) is 11.7 Å². The van der Waals surface area contributed by atoms with E-state index in [0.717, 1.165) is 0 Å². The SMILES string of the molecule is CCOC(=O)[C@@H]1[C@@H](c2cccc(OC)c2)C2=C(O[C@@]1(O)C(F)(F)F)C(=O)c1ccccc1C2=O. The third-order valence-electron chi connectivity index (χ3n) is 5.83. The van der Waals surface area contributed by atoms with Gasteiger partial charge in [-0.25, -0.2) is 0 Å². The van der Waals surface area contributed by atoms with Gasteiger partial charge in [-0.05, 0) is 24.6 Å². The van der Waals surface area contributed by atoms with Gasteiger partial charge in [-0.1, -0.05) is 36.4 Å². The molecule has 0 unspecified atom stereocenters. The van der Waals surface area contributed by atoms with Gasteiger partial charge in [0, 0.05) is 17.0 Å². The highest BCUT2D eigenvalue weighted by Gasteiger charge is 2.70. The maximum absolute atomic E-state index is 14.3. The Kier molecular flexibility index (Phi) is 5.72. The van der Waals surface area contributed by atoms with Crippen LogP contribution in [0.3, 0.4) is 0 Å². The summed E-state index contributed by atoms with van der Waals surface area (Å²) in [7, 11) is 1.33. The fraction of sp³-hybridized carbons (Fsp3) is 0.292. The van der Waals surface area contributed by atoms with Crippen LogP contribution in [0.2, 0.25) is 0 Å². The standard InChI is InChI=1S/C24H19F3O7/c1-3-33-22(30)18-16(12-7-6-8-13(11-12)32-2)17-19(28)14-9-4-5-10-15(14)20(29)21(17)34-23(18,31)24(25,26)27/h4-11,16,18,31H,3H2,1-2H3/t16-,18-,23+/m0/s1. The zero-order valence-corrected chi connectivity index (χ0v) is 18.0. The van der Waals surface area contributed by atoms with Crippen LogP contribution >= 0.6 is 0 Å². The Morgan fingerprint density at radius 1 is 1.09 bits per heavy atom. The maximum Gasteiger partial charge on any atom is 0.456 e. The van der Waals surface area contributed by atoms with Crippen molar-refractivity contribution in [1.82, 2.24) is 0 Å². The largest absolute Gasteiger partial charge is 0.497 e. The molecule has 0 spiro atoms. The van der Waals surface area contributed by atoms with E-state index >= 15 is 0 Å². The summed E-state index contributed by atoms with van der Waals surface area (Å²) in [6.45, 7) is 1.08. The lowest BCUT2D eigenvalue weighted by molar-refractivity contribution is -0.375. The van der Waals surface area contributed by atoms with Gasteiger partial charge in [-0.2, -0.15) is 13.2 Å². The fourth-order valence-electron chi connectivity index (χ4n) is 4.32. The molecule has 178 valence electrons. The lowest BCUT2D eigenvalue weighted by Gasteiger charge is -2.45. The van der Waals surface area contributed by atoms with Crippen molar-refractivity contribution in [2.75, 3.05) is 13.7 Å². The van der Waals surface area contributed by atoms with Crippen molar-refractivity contribution in [2.24, 2.45) is 5.92 Å². The molecule has 0 saturated carbocycles. The minimum atomic E-state index is -5.53. The number of ether oxygens (including phenoxy) is 3. The van der Waals surface area contributed by atoms with Crippen LogP contribution in [0.25, 0.3) is 0 Å². The normalized spacial score (nSPS) is 24.2. The molecule has 7 nitrogen and oxygen atoms in total. The molecule has 2 aromatic carbocycles. The molecule has 1 heterocycles. The van der Waals surface area contributed by atoms with E-state index in [9.17, 15) is 32.7 Å². The number of halogens is 3. The third kappa shape index (κ3) is 3.45. The van der Waals surface area contributed by atoms with Gasteiger partial charge in [0.05, 0.1) is 19.3 Å². The maximum atomic E-state index is 14.3. The molecule has 0 saturated heterocycles. The molecule has 10 heteroatoms. The zero-order chi connectivity index (χ0) is 24.8. The van der Waals surface area contributed by atoms with Crippen molar-refractivity contribution in [2.45, 2.75) is 24.8 Å². The Labute approximate surface area is 191 Å². The van der Waals surface area contributed by atoms with Crippen LogP contribution in [-0.2, 0) is 14.3 Å². The van der Waals surface area contributed by atoms with Crippen LogP contribution in [-0.4, -0.2) is 48.3 Å². The monoisotopic (exact) mass is 476 g/mol. The number of hydrogen-bond donors (Lipinski definition) is 1.